The average molecular weight is 379 g/mol. The molecule has 2 heterocycles. The van der Waals surface area contributed by atoms with Crippen molar-refractivity contribution in [1.29, 1.82) is 0 Å². The zero-order valence-corrected chi connectivity index (χ0v) is 14.7. The molecule has 0 aliphatic heterocycles. The van der Waals surface area contributed by atoms with Gasteiger partial charge in [-0.15, -0.1) is 0 Å². The summed E-state index contributed by atoms with van der Waals surface area (Å²) >= 11 is 0. The van der Waals surface area contributed by atoms with E-state index in [0.717, 1.165) is 30.7 Å². The van der Waals surface area contributed by atoms with E-state index in [9.17, 15) is 17.6 Å². The SMILES string of the molecule is Cc1cc(NC(c2ccc(C(F)(F)F)c(F)c2)C2(C)CC2)n2ncnc2n1. The minimum atomic E-state index is -4.72. The first kappa shape index (κ1) is 17.7. The van der Waals surface area contributed by atoms with Gasteiger partial charge in [0.05, 0.1) is 11.6 Å². The monoisotopic (exact) mass is 379 g/mol. The molecule has 27 heavy (non-hydrogen) atoms. The third kappa shape index (κ3) is 3.22. The van der Waals surface area contributed by atoms with Crippen molar-refractivity contribution in [2.45, 2.75) is 38.9 Å². The molecule has 3 aromatic rings. The van der Waals surface area contributed by atoms with Crippen molar-refractivity contribution < 1.29 is 17.6 Å². The smallest absolute Gasteiger partial charge is 0.362 e. The third-order valence-electron chi connectivity index (χ3n) is 5.04. The van der Waals surface area contributed by atoms with Crippen LogP contribution in [0.3, 0.4) is 0 Å². The van der Waals surface area contributed by atoms with Gasteiger partial charge in [0.1, 0.15) is 18.0 Å². The largest absolute Gasteiger partial charge is 0.419 e. The lowest BCUT2D eigenvalue weighted by molar-refractivity contribution is -0.140. The lowest BCUT2D eigenvalue weighted by Crippen LogP contribution is -2.22. The summed E-state index contributed by atoms with van der Waals surface area (Å²) in [5.41, 5.74) is -0.264. The molecule has 142 valence electrons. The Labute approximate surface area is 152 Å². The molecule has 1 N–H and O–H groups in total. The topological polar surface area (TPSA) is 55.1 Å². The molecule has 1 aromatic carbocycles. The number of nitrogens with zero attached hydrogens (tertiary/aromatic N) is 4. The number of aromatic nitrogens is 4. The van der Waals surface area contributed by atoms with Gasteiger partial charge in [0.25, 0.3) is 5.78 Å². The van der Waals surface area contributed by atoms with Crippen LogP contribution in [0.5, 0.6) is 0 Å². The standard InChI is InChI=1S/C18H17F4N5/c1-10-7-14(27-16(25-10)23-9-24-27)26-15(17(2)5-6-17)11-3-4-12(13(19)8-11)18(20,21)22/h3-4,7-9,15,26H,5-6H2,1-2H3. The Bertz CT molecular complexity index is 1010. The number of hydrogen-bond acceptors (Lipinski definition) is 4. The number of benzene rings is 1. The maximum absolute atomic E-state index is 14.1. The van der Waals surface area contributed by atoms with Gasteiger partial charge in [-0.1, -0.05) is 13.0 Å². The van der Waals surface area contributed by atoms with Gasteiger partial charge in [-0.3, -0.25) is 0 Å². The lowest BCUT2D eigenvalue weighted by Gasteiger charge is -2.27. The summed E-state index contributed by atoms with van der Waals surface area (Å²) in [7, 11) is 0. The van der Waals surface area contributed by atoms with E-state index in [4.69, 9.17) is 0 Å². The molecule has 4 rings (SSSR count). The van der Waals surface area contributed by atoms with E-state index in [0.29, 0.717) is 17.2 Å². The maximum atomic E-state index is 14.1. The highest BCUT2D eigenvalue weighted by atomic mass is 19.4. The lowest BCUT2D eigenvalue weighted by atomic mass is 9.91. The quantitative estimate of drug-likeness (QED) is 0.676. The van der Waals surface area contributed by atoms with Crippen LogP contribution in [0.2, 0.25) is 0 Å². The molecule has 5 nitrogen and oxygen atoms in total. The molecule has 0 radical (unpaired) electrons. The van der Waals surface area contributed by atoms with Gasteiger partial charge in [0.15, 0.2) is 0 Å². The van der Waals surface area contributed by atoms with Gasteiger partial charge in [0, 0.05) is 11.8 Å². The zero-order chi connectivity index (χ0) is 19.4. The van der Waals surface area contributed by atoms with E-state index in [1.807, 2.05) is 13.8 Å². The number of aryl methyl sites for hydroxylation is 1. The van der Waals surface area contributed by atoms with Gasteiger partial charge in [-0.05, 0) is 42.9 Å². The second-order valence-electron chi connectivity index (χ2n) is 7.22. The molecule has 1 unspecified atom stereocenters. The highest BCUT2D eigenvalue weighted by molar-refractivity contribution is 5.48. The Balaban J connectivity index is 1.75. The third-order valence-corrected chi connectivity index (χ3v) is 5.04. The van der Waals surface area contributed by atoms with Gasteiger partial charge in [0.2, 0.25) is 0 Å². The average Bonchev–Trinajstić information content (AvgIpc) is 3.13. The van der Waals surface area contributed by atoms with E-state index in [1.54, 1.807) is 6.07 Å². The number of halogens is 4. The van der Waals surface area contributed by atoms with Crippen LogP contribution in [0.15, 0.2) is 30.6 Å². The van der Waals surface area contributed by atoms with Crippen LogP contribution in [0.1, 0.15) is 42.6 Å². The second kappa shape index (κ2) is 5.90. The first-order valence-corrected chi connectivity index (χ1v) is 8.48. The predicted molar refractivity (Wildman–Crippen MR) is 90.6 cm³/mol. The Morgan fingerprint density at radius 2 is 1.96 bits per heavy atom. The fourth-order valence-corrected chi connectivity index (χ4v) is 3.27. The number of anilines is 1. The van der Waals surface area contributed by atoms with Crippen LogP contribution in [0, 0.1) is 18.2 Å². The van der Waals surface area contributed by atoms with Gasteiger partial charge in [-0.2, -0.15) is 27.8 Å². The number of fused-ring (bicyclic) bond motifs is 1. The first-order chi connectivity index (χ1) is 12.7. The van der Waals surface area contributed by atoms with Crippen LogP contribution in [-0.2, 0) is 6.18 Å². The summed E-state index contributed by atoms with van der Waals surface area (Å²) in [5.74, 6) is -0.253. The van der Waals surface area contributed by atoms with Crippen LogP contribution >= 0.6 is 0 Å². The number of hydrogen-bond donors (Lipinski definition) is 1. The molecule has 0 spiro atoms. The van der Waals surface area contributed by atoms with Crippen molar-refractivity contribution in [2.75, 3.05) is 5.32 Å². The molecule has 1 atom stereocenters. The Morgan fingerprint density at radius 3 is 2.59 bits per heavy atom. The van der Waals surface area contributed by atoms with Crippen molar-refractivity contribution >= 4 is 11.6 Å². The maximum Gasteiger partial charge on any atom is 0.419 e. The Hall–Kier alpha value is -2.71. The van der Waals surface area contributed by atoms with Crippen molar-refractivity contribution in [3.63, 3.8) is 0 Å². The molecular formula is C18H17F4N5. The number of rotatable bonds is 4. The second-order valence-corrected chi connectivity index (χ2v) is 7.22. The molecule has 1 aliphatic rings. The molecule has 1 fully saturated rings. The molecule has 2 aromatic heterocycles. The van der Waals surface area contributed by atoms with Crippen molar-refractivity contribution in [1.82, 2.24) is 19.6 Å². The highest BCUT2D eigenvalue weighted by Gasteiger charge is 2.46. The summed E-state index contributed by atoms with van der Waals surface area (Å²) < 4.78 is 54.3. The Kier molecular flexibility index (Phi) is 3.87. The summed E-state index contributed by atoms with van der Waals surface area (Å²) in [4.78, 5) is 8.34. The van der Waals surface area contributed by atoms with Gasteiger partial charge >= 0.3 is 6.18 Å². The van der Waals surface area contributed by atoms with E-state index >= 15 is 0 Å². The summed E-state index contributed by atoms with van der Waals surface area (Å²) in [6.07, 6.45) is -1.57. The van der Waals surface area contributed by atoms with Crippen LogP contribution in [-0.4, -0.2) is 19.6 Å². The van der Waals surface area contributed by atoms with Crippen molar-refractivity contribution in [2.24, 2.45) is 5.41 Å². The first-order valence-electron chi connectivity index (χ1n) is 8.48. The van der Waals surface area contributed by atoms with E-state index in [2.05, 4.69) is 20.4 Å². The van der Waals surface area contributed by atoms with Crippen molar-refractivity contribution in [3.8, 4) is 0 Å². The van der Waals surface area contributed by atoms with E-state index in [-0.39, 0.29) is 11.5 Å². The molecule has 0 saturated heterocycles. The molecule has 0 bridgehead atoms. The molecule has 0 amide bonds. The summed E-state index contributed by atoms with van der Waals surface area (Å²) in [6, 6.07) is 4.51. The van der Waals surface area contributed by atoms with E-state index < -0.39 is 17.6 Å². The highest BCUT2D eigenvalue weighted by Crippen LogP contribution is 2.55. The molecular weight excluding hydrogens is 362 g/mol. The van der Waals surface area contributed by atoms with Crippen LogP contribution in [0.25, 0.3) is 5.78 Å². The number of alkyl halides is 3. The minimum Gasteiger partial charge on any atom is -0.362 e. The minimum absolute atomic E-state index is 0.184. The van der Waals surface area contributed by atoms with E-state index in [1.165, 1.54) is 16.9 Å². The molecule has 1 aliphatic carbocycles. The summed E-state index contributed by atoms with van der Waals surface area (Å²) in [6.45, 7) is 3.83. The number of nitrogens with one attached hydrogen (secondary N) is 1. The fraction of sp³-hybridized carbons (Fsp3) is 0.389. The van der Waals surface area contributed by atoms with Crippen LogP contribution < -0.4 is 5.32 Å². The van der Waals surface area contributed by atoms with Gasteiger partial charge < -0.3 is 5.32 Å². The molecule has 1 saturated carbocycles. The van der Waals surface area contributed by atoms with Crippen molar-refractivity contribution in [3.05, 3.63) is 53.2 Å². The zero-order valence-electron chi connectivity index (χ0n) is 14.7. The summed E-state index contributed by atoms with van der Waals surface area (Å²) in [5, 5.41) is 7.46. The normalized spacial score (nSPS) is 17.1. The van der Waals surface area contributed by atoms with Crippen LogP contribution in [0.4, 0.5) is 23.4 Å². The molecule has 9 heteroatoms. The fourth-order valence-electron chi connectivity index (χ4n) is 3.27. The Morgan fingerprint density at radius 1 is 1.22 bits per heavy atom. The predicted octanol–water partition coefficient (Wildman–Crippen LogP) is 4.54. The van der Waals surface area contributed by atoms with Gasteiger partial charge in [-0.25, -0.2) is 9.37 Å².